The summed E-state index contributed by atoms with van der Waals surface area (Å²) in [4.78, 5) is 15.3. The molecule has 0 N–H and O–H groups in total. The molecule has 0 saturated carbocycles. The van der Waals surface area contributed by atoms with E-state index in [1.807, 2.05) is 23.6 Å². The van der Waals surface area contributed by atoms with Gasteiger partial charge in [-0.05, 0) is 19.1 Å². The third-order valence-corrected chi connectivity index (χ3v) is 2.86. The number of aryl methyl sites for hydroxylation is 1. The van der Waals surface area contributed by atoms with Crippen molar-refractivity contribution in [2.24, 2.45) is 0 Å². The van der Waals surface area contributed by atoms with E-state index in [1.165, 1.54) is 0 Å². The van der Waals surface area contributed by atoms with E-state index in [0.717, 1.165) is 28.7 Å². The molecular formula is C12H10N4O2. The Kier molecular flexibility index (Phi) is 2.40. The van der Waals surface area contributed by atoms with Crippen LogP contribution in [0.15, 0.2) is 29.2 Å². The van der Waals surface area contributed by atoms with Gasteiger partial charge in [-0.3, -0.25) is 4.79 Å². The first-order valence-electron chi connectivity index (χ1n) is 5.46. The fourth-order valence-corrected chi connectivity index (χ4v) is 1.92. The van der Waals surface area contributed by atoms with E-state index in [9.17, 15) is 4.79 Å². The number of pyridine rings is 1. The fourth-order valence-electron chi connectivity index (χ4n) is 1.92. The zero-order chi connectivity index (χ0) is 12.5. The number of hydrogen-bond acceptors (Lipinski definition) is 5. The second-order valence-electron chi connectivity index (χ2n) is 4.00. The largest absolute Gasteiger partial charge is 0.326 e. The molecule has 0 unspecified atom stereocenters. The summed E-state index contributed by atoms with van der Waals surface area (Å²) in [6, 6.07) is 3.68. The Labute approximate surface area is 102 Å². The number of aromatic nitrogens is 4. The Bertz CT molecular complexity index is 714. The van der Waals surface area contributed by atoms with Crippen molar-refractivity contribution in [3.63, 3.8) is 0 Å². The second-order valence-corrected chi connectivity index (χ2v) is 4.00. The van der Waals surface area contributed by atoms with Gasteiger partial charge in [-0.2, -0.15) is 0 Å². The number of nitrogens with zero attached hydrogens (tertiary/aromatic N) is 4. The first kappa shape index (κ1) is 10.6. The number of carbonyl (C=O) groups is 1. The molecule has 6 heteroatoms. The summed E-state index contributed by atoms with van der Waals surface area (Å²) in [5.74, 6) is 0. The van der Waals surface area contributed by atoms with E-state index in [2.05, 4.69) is 19.9 Å². The van der Waals surface area contributed by atoms with E-state index < -0.39 is 0 Å². The van der Waals surface area contributed by atoms with Crippen molar-refractivity contribution in [1.82, 2.24) is 19.9 Å². The molecule has 0 aromatic carbocycles. The van der Waals surface area contributed by atoms with Gasteiger partial charge in [0, 0.05) is 23.3 Å². The fraction of sp³-hybridized carbons (Fsp3) is 0.167. The molecule has 6 nitrogen and oxygen atoms in total. The van der Waals surface area contributed by atoms with Crippen molar-refractivity contribution in [2.45, 2.75) is 13.5 Å². The predicted octanol–water partition coefficient (Wildman–Crippen LogP) is 1.59. The zero-order valence-electron chi connectivity index (χ0n) is 9.70. The molecule has 3 aromatic heterocycles. The van der Waals surface area contributed by atoms with Gasteiger partial charge in [-0.25, -0.2) is 9.61 Å². The van der Waals surface area contributed by atoms with E-state index in [0.29, 0.717) is 12.1 Å². The Morgan fingerprint density at radius 2 is 2.33 bits per heavy atom. The van der Waals surface area contributed by atoms with Crippen LogP contribution < -0.4 is 0 Å². The lowest BCUT2D eigenvalue weighted by atomic mass is 10.2. The van der Waals surface area contributed by atoms with Crippen molar-refractivity contribution in [2.75, 3.05) is 0 Å². The van der Waals surface area contributed by atoms with Gasteiger partial charge in [0.2, 0.25) is 0 Å². The van der Waals surface area contributed by atoms with Crippen molar-refractivity contribution >= 4 is 17.3 Å². The Morgan fingerprint density at radius 1 is 1.44 bits per heavy atom. The van der Waals surface area contributed by atoms with Crippen molar-refractivity contribution in [1.29, 1.82) is 0 Å². The highest BCUT2D eigenvalue weighted by molar-refractivity contribution is 5.95. The van der Waals surface area contributed by atoms with Gasteiger partial charge in [0.15, 0.2) is 6.29 Å². The molecule has 3 rings (SSSR count). The maximum absolute atomic E-state index is 11.0. The number of aldehydes is 1. The smallest absolute Gasteiger partial charge is 0.152 e. The minimum atomic E-state index is 0.483. The van der Waals surface area contributed by atoms with Gasteiger partial charge in [0.1, 0.15) is 17.0 Å². The maximum atomic E-state index is 11.0. The molecule has 0 atom stereocenters. The van der Waals surface area contributed by atoms with Crippen LogP contribution in [0.3, 0.4) is 0 Å². The summed E-state index contributed by atoms with van der Waals surface area (Å²) >= 11 is 0. The van der Waals surface area contributed by atoms with Gasteiger partial charge in [-0.15, -0.1) is 0 Å². The summed E-state index contributed by atoms with van der Waals surface area (Å²) in [6.45, 7) is 2.31. The van der Waals surface area contributed by atoms with Gasteiger partial charge in [0.05, 0.1) is 6.54 Å². The van der Waals surface area contributed by atoms with Gasteiger partial charge >= 0.3 is 0 Å². The third-order valence-electron chi connectivity index (χ3n) is 2.86. The quantitative estimate of drug-likeness (QED) is 0.652. The summed E-state index contributed by atoms with van der Waals surface area (Å²) in [7, 11) is 0. The SMILES string of the molecule is Cc1nonc1Cn1cc(C=O)c2cccnc21. The topological polar surface area (TPSA) is 73.8 Å². The number of hydrogen-bond donors (Lipinski definition) is 0. The third kappa shape index (κ3) is 1.58. The van der Waals surface area contributed by atoms with Crippen LogP contribution in [-0.2, 0) is 6.54 Å². The summed E-state index contributed by atoms with van der Waals surface area (Å²) < 4.78 is 6.53. The molecule has 3 aromatic rings. The highest BCUT2D eigenvalue weighted by atomic mass is 16.6. The summed E-state index contributed by atoms with van der Waals surface area (Å²) in [6.07, 6.45) is 4.29. The summed E-state index contributed by atoms with van der Waals surface area (Å²) in [5.41, 5.74) is 2.84. The molecule has 0 aliphatic carbocycles. The Hall–Kier alpha value is -2.50. The molecule has 18 heavy (non-hydrogen) atoms. The van der Waals surface area contributed by atoms with Crippen molar-refractivity contribution in [3.8, 4) is 0 Å². The molecule has 0 saturated heterocycles. The second kappa shape index (κ2) is 4.06. The molecule has 90 valence electrons. The van der Waals surface area contributed by atoms with Gasteiger partial charge in [-0.1, -0.05) is 10.3 Å². The molecular weight excluding hydrogens is 232 g/mol. The van der Waals surface area contributed by atoms with E-state index in [1.54, 1.807) is 12.4 Å². The van der Waals surface area contributed by atoms with Crippen LogP contribution in [0.25, 0.3) is 11.0 Å². The van der Waals surface area contributed by atoms with Gasteiger partial charge in [0.25, 0.3) is 0 Å². The van der Waals surface area contributed by atoms with E-state index in [4.69, 9.17) is 0 Å². The number of fused-ring (bicyclic) bond motifs is 1. The summed E-state index contributed by atoms with van der Waals surface area (Å²) in [5, 5.41) is 8.40. The average Bonchev–Trinajstić information content (AvgIpc) is 2.95. The maximum Gasteiger partial charge on any atom is 0.152 e. The molecule has 3 heterocycles. The molecule has 0 radical (unpaired) electrons. The Morgan fingerprint density at radius 3 is 3.06 bits per heavy atom. The van der Waals surface area contributed by atoms with Crippen LogP contribution in [-0.4, -0.2) is 26.2 Å². The molecule has 0 amide bonds. The molecule has 0 aliphatic heterocycles. The minimum Gasteiger partial charge on any atom is -0.326 e. The highest BCUT2D eigenvalue weighted by Crippen LogP contribution is 2.19. The van der Waals surface area contributed by atoms with Crippen molar-refractivity contribution in [3.05, 3.63) is 41.5 Å². The highest BCUT2D eigenvalue weighted by Gasteiger charge is 2.12. The number of carbonyl (C=O) groups excluding carboxylic acids is 1. The normalized spacial score (nSPS) is 10.9. The molecule has 0 bridgehead atoms. The first-order chi connectivity index (χ1) is 8.79. The van der Waals surface area contributed by atoms with E-state index in [-0.39, 0.29) is 0 Å². The average molecular weight is 242 g/mol. The van der Waals surface area contributed by atoms with E-state index >= 15 is 0 Å². The number of rotatable bonds is 3. The lowest BCUT2D eigenvalue weighted by Gasteiger charge is -2.00. The van der Waals surface area contributed by atoms with Crippen LogP contribution in [0.4, 0.5) is 0 Å². The predicted molar refractivity (Wildman–Crippen MR) is 63.3 cm³/mol. The monoisotopic (exact) mass is 242 g/mol. The van der Waals surface area contributed by atoms with Crippen LogP contribution >= 0.6 is 0 Å². The van der Waals surface area contributed by atoms with Crippen LogP contribution in [0, 0.1) is 6.92 Å². The first-order valence-corrected chi connectivity index (χ1v) is 5.46. The van der Waals surface area contributed by atoms with Crippen LogP contribution in [0.2, 0.25) is 0 Å². The van der Waals surface area contributed by atoms with Crippen molar-refractivity contribution < 1.29 is 9.42 Å². The Balaban J connectivity index is 2.12. The molecule has 0 aliphatic rings. The molecule has 0 fully saturated rings. The van der Waals surface area contributed by atoms with Crippen LogP contribution in [0.1, 0.15) is 21.7 Å². The van der Waals surface area contributed by atoms with Gasteiger partial charge < -0.3 is 4.57 Å². The zero-order valence-corrected chi connectivity index (χ0v) is 9.70. The molecule has 0 spiro atoms. The lowest BCUT2D eigenvalue weighted by Crippen LogP contribution is -2.01. The lowest BCUT2D eigenvalue weighted by molar-refractivity contribution is 0.112. The minimum absolute atomic E-state index is 0.483. The van der Waals surface area contributed by atoms with Crippen LogP contribution in [0.5, 0.6) is 0 Å². The standard InChI is InChI=1S/C12H10N4O2/c1-8-11(15-18-14-8)6-16-5-9(7-17)10-3-2-4-13-12(10)16/h2-5,7H,6H2,1H3.